The third-order valence-corrected chi connectivity index (χ3v) is 7.07. The number of benzene rings is 2. The molecule has 0 unspecified atom stereocenters. The topological polar surface area (TPSA) is 91.6 Å². The summed E-state index contributed by atoms with van der Waals surface area (Å²) in [6, 6.07) is 15.6. The number of hydrogen-bond donors (Lipinski definition) is 1. The molecule has 0 aliphatic heterocycles. The van der Waals surface area contributed by atoms with Crippen molar-refractivity contribution in [1.29, 1.82) is 5.26 Å². The van der Waals surface area contributed by atoms with Crippen LogP contribution in [0, 0.1) is 17.1 Å². The van der Waals surface area contributed by atoms with Crippen LogP contribution >= 0.6 is 34.4 Å². The van der Waals surface area contributed by atoms with E-state index in [1.54, 1.807) is 24.3 Å². The maximum absolute atomic E-state index is 13.1. The molecule has 0 fully saturated rings. The highest BCUT2D eigenvalue weighted by molar-refractivity contribution is 8.00. The van der Waals surface area contributed by atoms with Gasteiger partial charge in [-0.15, -0.1) is 21.5 Å². The Morgan fingerprint density at radius 2 is 1.90 bits per heavy atom. The third-order valence-electron chi connectivity index (χ3n) is 4.08. The number of halogens is 1. The first-order chi connectivity index (χ1) is 15.1. The van der Waals surface area contributed by atoms with Gasteiger partial charge in [-0.25, -0.2) is 9.37 Å². The molecular weight excluding hydrogens is 453 g/mol. The number of hydrogen-bond acceptors (Lipinski definition) is 8. The van der Waals surface area contributed by atoms with Gasteiger partial charge in [-0.05, 0) is 42.0 Å². The van der Waals surface area contributed by atoms with Gasteiger partial charge in [0.1, 0.15) is 10.8 Å². The van der Waals surface area contributed by atoms with Gasteiger partial charge in [0.2, 0.25) is 11.0 Å². The first-order valence-electron chi connectivity index (χ1n) is 9.04. The highest BCUT2D eigenvalue weighted by atomic mass is 32.2. The van der Waals surface area contributed by atoms with Crippen LogP contribution in [0.5, 0.6) is 0 Å². The Morgan fingerprint density at radius 1 is 1.13 bits per heavy atom. The molecule has 4 rings (SSSR count). The summed E-state index contributed by atoms with van der Waals surface area (Å²) in [5.74, 6) is 0.168. The molecule has 0 aliphatic rings. The van der Waals surface area contributed by atoms with Gasteiger partial charge in [0.15, 0.2) is 4.34 Å². The second kappa shape index (κ2) is 9.78. The molecule has 1 N–H and O–H groups in total. The number of anilines is 1. The molecule has 0 radical (unpaired) electrons. The van der Waals surface area contributed by atoms with Crippen molar-refractivity contribution in [3.8, 4) is 16.6 Å². The predicted molar refractivity (Wildman–Crippen MR) is 120 cm³/mol. The van der Waals surface area contributed by atoms with E-state index >= 15 is 0 Å². The van der Waals surface area contributed by atoms with Crippen LogP contribution in [-0.4, -0.2) is 21.1 Å². The lowest BCUT2D eigenvalue weighted by atomic mass is 10.2. The highest BCUT2D eigenvalue weighted by Crippen LogP contribution is 2.29. The van der Waals surface area contributed by atoms with E-state index < -0.39 is 0 Å². The number of thioether (sulfide) groups is 1. The molecule has 4 aromatic rings. The number of aromatic nitrogens is 3. The maximum atomic E-state index is 13.1. The average molecular weight is 468 g/mol. The largest absolute Gasteiger partial charge is 0.300 e. The van der Waals surface area contributed by atoms with Crippen LogP contribution < -0.4 is 5.32 Å². The molecule has 6 nitrogen and oxygen atoms in total. The summed E-state index contributed by atoms with van der Waals surface area (Å²) in [5, 5.41) is 22.7. The highest BCUT2D eigenvalue weighted by Gasteiger charge is 2.12. The molecule has 0 atom stereocenters. The van der Waals surface area contributed by atoms with Gasteiger partial charge in [-0.3, -0.25) is 4.79 Å². The second-order valence-electron chi connectivity index (χ2n) is 6.35. The molecule has 1 amide bonds. The van der Waals surface area contributed by atoms with Crippen molar-refractivity contribution in [2.45, 2.75) is 16.5 Å². The standard InChI is InChI=1S/C21H14FN5OS3/c22-16-7-5-15(6-8-16)19-24-17(12-29-19)9-18(28)25-20-26-27-21(31-20)30-11-14-3-1-13(10-23)2-4-14/h1-8,12H,9,11H2,(H,25,26,28). The van der Waals surface area contributed by atoms with Crippen LogP contribution in [0.25, 0.3) is 10.6 Å². The van der Waals surface area contributed by atoms with Gasteiger partial charge >= 0.3 is 0 Å². The van der Waals surface area contributed by atoms with Gasteiger partial charge < -0.3 is 5.32 Å². The van der Waals surface area contributed by atoms with Crippen LogP contribution in [0.2, 0.25) is 0 Å². The number of nitrogens with zero attached hydrogens (tertiary/aromatic N) is 4. The summed E-state index contributed by atoms with van der Waals surface area (Å²) in [5.41, 5.74) is 3.15. The molecule has 0 saturated heterocycles. The van der Waals surface area contributed by atoms with Crippen LogP contribution in [-0.2, 0) is 17.0 Å². The molecule has 0 saturated carbocycles. The lowest BCUT2D eigenvalue weighted by molar-refractivity contribution is -0.115. The molecule has 2 aromatic carbocycles. The van der Waals surface area contributed by atoms with Gasteiger partial charge in [-0.1, -0.05) is 35.2 Å². The van der Waals surface area contributed by atoms with Crippen molar-refractivity contribution < 1.29 is 9.18 Å². The SMILES string of the molecule is N#Cc1ccc(CSc2nnc(NC(=O)Cc3csc(-c4ccc(F)cc4)n3)s2)cc1. The Labute approximate surface area is 189 Å². The zero-order valence-electron chi connectivity index (χ0n) is 15.9. The van der Waals surface area contributed by atoms with Crippen molar-refractivity contribution in [3.05, 3.63) is 76.5 Å². The van der Waals surface area contributed by atoms with E-state index in [2.05, 4.69) is 26.6 Å². The van der Waals surface area contributed by atoms with Crippen LogP contribution in [0.1, 0.15) is 16.8 Å². The van der Waals surface area contributed by atoms with Crippen molar-refractivity contribution in [2.75, 3.05) is 5.32 Å². The molecule has 0 spiro atoms. The Balaban J connectivity index is 1.30. The lowest BCUT2D eigenvalue weighted by Crippen LogP contribution is -2.14. The Kier molecular flexibility index (Phi) is 6.66. The molecule has 2 aromatic heterocycles. The lowest BCUT2D eigenvalue weighted by Gasteiger charge is -1.99. The van der Waals surface area contributed by atoms with E-state index in [1.807, 2.05) is 17.5 Å². The van der Waals surface area contributed by atoms with E-state index in [0.717, 1.165) is 20.5 Å². The minimum Gasteiger partial charge on any atom is -0.300 e. The second-order valence-corrected chi connectivity index (χ2v) is 9.40. The zero-order valence-corrected chi connectivity index (χ0v) is 18.4. The first-order valence-corrected chi connectivity index (χ1v) is 11.7. The van der Waals surface area contributed by atoms with E-state index in [0.29, 0.717) is 22.1 Å². The number of thiazole rings is 1. The van der Waals surface area contributed by atoms with Crippen molar-refractivity contribution in [1.82, 2.24) is 15.2 Å². The summed E-state index contributed by atoms with van der Waals surface area (Å²) < 4.78 is 13.8. The van der Waals surface area contributed by atoms with E-state index in [-0.39, 0.29) is 18.1 Å². The number of nitriles is 1. The fourth-order valence-electron chi connectivity index (χ4n) is 2.58. The van der Waals surface area contributed by atoms with Crippen molar-refractivity contribution >= 4 is 45.5 Å². The van der Waals surface area contributed by atoms with Crippen molar-refractivity contribution in [3.63, 3.8) is 0 Å². The Bertz CT molecular complexity index is 1230. The minimum absolute atomic E-state index is 0.116. The average Bonchev–Trinajstić information content (AvgIpc) is 3.42. The normalized spacial score (nSPS) is 10.6. The Morgan fingerprint density at radius 3 is 2.65 bits per heavy atom. The zero-order chi connectivity index (χ0) is 21.6. The summed E-state index contributed by atoms with van der Waals surface area (Å²) in [6.07, 6.45) is 0.116. The van der Waals surface area contributed by atoms with Gasteiger partial charge in [0.25, 0.3) is 0 Å². The van der Waals surface area contributed by atoms with E-state index in [9.17, 15) is 9.18 Å². The maximum Gasteiger partial charge on any atom is 0.232 e. The molecule has 2 heterocycles. The molecule has 154 valence electrons. The number of carbonyl (C=O) groups is 1. The number of rotatable bonds is 7. The summed E-state index contributed by atoms with van der Waals surface area (Å²) in [4.78, 5) is 16.8. The van der Waals surface area contributed by atoms with Gasteiger partial charge in [0, 0.05) is 16.7 Å². The molecule has 31 heavy (non-hydrogen) atoms. The molecule has 0 aliphatic carbocycles. The van der Waals surface area contributed by atoms with E-state index in [1.165, 1.54) is 46.6 Å². The fraction of sp³-hybridized carbons (Fsp3) is 0.0952. The summed E-state index contributed by atoms with van der Waals surface area (Å²) >= 11 is 4.23. The molecule has 0 bridgehead atoms. The van der Waals surface area contributed by atoms with Crippen molar-refractivity contribution in [2.24, 2.45) is 0 Å². The molecule has 10 heteroatoms. The minimum atomic E-state index is -0.300. The number of carbonyl (C=O) groups excluding carboxylic acids is 1. The van der Waals surface area contributed by atoms with Gasteiger partial charge in [-0.2, -0.15) is 5.26 Å². The Hall–Kier alpha value is -3.13. The van der Waals surface area contributed by atoms with Crippen LogP contribution in [0.3, 0.4) is 0 Å². The van der Waals surface area contributed by atoms with Crippen LogP contribution in [0.15, 0.2) is 58.3 Å². The van der Waals surface area contributed by atoms with Gasteiger partial charge in [0.05, 0.1) is 23.7 Å². The smallest absolute Gasteiger partial charge is 0.232 e. The number of nitrogens with one attached hydrogen (secondary N) is 1. The summed E-state index contributed by atoms with van der Waals surface area (Å²) in [7, 11) is 0. The van der Waals surface area contributed by atoms with E-state index in [4.69, 9.17) is 5.26 Å². The number of amides is 1. The predicted octanol–water partition coefficient (Wildman–Crippen LogP) is 5.15. The summed E-state index contributed by atoms with van der Waals surface area (Å²) in [6.45, 7) is 0. The quantitative estimate of drug-likeness (QED) is 0.299. The third kappa shape index (κ3) is 5.73. The molecular formula is C21H14FN5OS3. The van der Waals surface area contributed by atoms with Crippen LogP contribution in [0.4, 0.5) is 9.52 Å². The first kappa shape index (κ1) is 21.1. The fourth-order valence-corrected chi connectivity index (χ4v) is 5.13. The monoisotopic (exact) mass is 467 g/mol.